The van der Waals surface area contributed by atoms with Gasteiger partial charge in [-0.05, 0) is 94.3 Å². The molecule has 0 fully saturated rings. The van der Waals surface area contributed by atoms with Crippen LogP contribution in [0.1, 0.15) is 54.9 Å². The molecule has 2 aromatic heterocycles. The molecule has 6 rings (SSSR count). The number of fused-ring (bicyclic) bond motifs is 1. The lowest BCUT2D eigenvalue weighted by molar-refractivity contribution is -0.138. The molecule has 1 aliphatic rings. The highest BCUT2D eigenvalue weighted by Crippen LogP contribution is 2.36. The van der Waals surface area contributed by atoms with Crippen LogP contribution in [0.5, 0.6) is 5.75 Å². The van der Waals surface area contributed by atoms with E-state index in [1.807, 2.05) is 88.6 Å². The van der Waals surface area contributed by atoms with Gasteiger partial charge in [-0.1, -0.05) is 53.8 Å². The van der Waals surface area contributed by atoms with Gasteiger partial charge in [0.1, 0.15) is 5.75 Å². The number of anilines is 1. The van der Waals surface area contributed by atoms with E-state index in [1.54, 1.807) is 11.5 Å². The van der Waals surface area contributed by atoms with E-state index in [0.29, 0.717) is 26.4 Å². The number of rotatable bonds is 9. The number of nitrogens with zero attached hydrogens (tertiary/aromatic N) is 4. The van der Waals surface area contributed by atoms with Gasteiger partial charge in [0.2, 0.25) is 0 Å². The van der Waals surface area contributed by atoms with Crippen molar-refractivity contribution in [2.45, 2.75) is 46.8 Å². The van der Waals surface area contributed by atoms with E-state index in [1.165, 1.54) is 11.3 Å². The fourth-order valence-corrected chi connectivity index (χ4v) is 7.12. The Bertz CT molecular complexity index is 2170. The van der Waals surface area contributed by atoms with Crippen molar-refractivity contribution >= 4 is 34.8 Å². The smallest absolute Gasteiger partial charge is 0.338 e. The van der Waals surface area contributed by atoms with Crippen LogP contribution in [0.2, 0.25) is 0 Å². The molecule has 8 nitrogen and oxygen atoms in total. The van der Waals surface area contributed by atoms with Crippen LogP contribution in [0, 0.1) is 13.8 Å². The van der Waals surface area contributed by atoms with Gasteiger partial charge in [0.25, 0.3) is 5.56 Å². The zero-order valence-electron chi connectivity index (χ0n) is 28.4. The molecule has 0 saturated carbocycles. The molecular weight excluding hydrogens is 621 g/mol. The number of thiazole rings is 1. The number of benzene rings is 3. The van der Waals surface area contributed by atoms with Gasteiger partial charge in [-0.3, -0.25) is 9.36 Å². The molecule has 1 atom stereocenters. The second kappa shape index (κ2) is 13.5. The molecular formula is C39H40N4O4S. The number of hydrogen-bond donors (Lipinski definition) is 0. The minimum atomic E-state index is -0.756. The zero-order valence-corrected chi connectivity index (χ0v) is 29.2. The molecule has 1 aliphatic heterocycles. The quantitative estimate of drug-likeness (QED) is 0.176. The van der Waals surface area contributed by atoms with Crippen molar-refractivity contribution in [2.75, 3.05) is 25.6 Å². The molecule has 0 spiro atoms. The average Bonchev–Trinajstić information content (AvgIpc) is 3.53. The largest absolute Gasteiger partial charge is 0.491 e. The normalized spacial score (nSPS) is 14.6. The SMILES string of the molecule is CCOC(=O)C1=C(c2ccccc2)N=c2s/c(=C\c3cc(C)n(-c4ccc(N(C)C)cc4)c3C)c(=O)n2[C@H]1c1ccc(OC(C)C)cc1. The van der Waals surface area contributed by atoms with Gasteiger partial charge in [0.05, 0.1) is 34.6 Å². The van der Waals surface area contributed by atoms with E-state index in [2.05, 4.69) is 53.6 Å². The van der Waals surface area contributed by atoms with E-state index in [0.717, 1.165) is 39.5 Å². The number of ether oxygens (including phenoxy) is 2. The molecule has 9 heteroatoms. The van der Waals surface area contributed by atoms with E-state index in [9.17, 15) is 9.59 Å². The Morgan fingerprint density at radius 3 is 2.31 bits per heavy atom. The molecule has 0 bridgehead atoms. The first-order chi connectivity index (χ1) is 23.1. The third-order valence-corrected chi connectivity index (χ3v) is 9.31. The number of carbonyl (C=O) groups is 1. The summed E-state index contributed by atoms with van der Waals surface area (Å²) in [7, 11) is 4.04. The van der Waals surface area contributed by atoms with E-state index >= 15 is 0 Å². The van der Waals surface area contributed by atoms with Gasteiger partial charge < -0.3 is 18.9 Å². The number of carbonyl (C=O) groups excluding carboxylic acids is 1. The molecule has 246 valence electrons. The lowest BCUT2D eigenvalue weighted by Crippen LogP contribution is -2.40. The highest BCUT2D eigenvalue weighted by atomic mass is 32.1. The van der Waals surface area contributed by atoms with Gasteiger partial charge in [-0.15, -0.1) is 0 Å². The summed E-state index contributed by atoms with van der Waals surface area (Å²) < 4.78 is 15.9. The van der Waals surface area contributed by atoms with Gasteiger partial charge in [0, 0.05) is 42.4 Å². The van der Waals surface area contributed by atoms with Gasteiger partial charge in [0.15, 0.2) is 4.80 Å². The Balaban J connectivity index is 1.55. The fourth-order valence-electron chi connectivity index (χ4n) is 6.13. The summed E-state index contributed by atoms with van der Waals surface area (Å²) in [5, 5.41) is 0. The van der Waals surface area contributed by atoms with Crippen LogP contribution in [0.25, 0.3) is 17.5 Å². The molecule has 0 amide bonds. The average molecular weight is 661 g/mol. The first kappa shape index (κ1) is 32.8. The van der Waals surface area contributed by atoms with Crippen molar-refractivity contribution in [3.05, 3.63) is 138 Å². The van der Waals surface area contributed by atoms with E-state index in [-0.39, 0.29) is 18.3 Å². The molecule has 0 N–H and O–H groups in total. The van der Waals surface area contributed by atoms with Gasteiger partial charge >= 0.3 is 5.97 Å². The van der Waals surface area contributed by atoms with Crippen molar-refractivity contribution in [3.63, 3.8) is 0 Å². The lowest BCUT2D eigenvalue weighted by Gasteiger charge is -2.26. The molecule has 0 saturated heterocycles. The second-order valence-corrected chi connectivity index (χ2v) is 13.2. The van der Waals surface area contributed by atoms with Crippen LogP contribution in [0.15, 0.2) is 100 Å². The van der Waals surface area contributed by atoms with Crippen molar-refractivity contribution in [2.24, 2.45) is 4.99 Å². The lowest BCUT2D eigenvalue weighted by atomic mass is 9.93. The number of hydrogen-bond acceptors (Lipinski definition) is 7. The van der Waals surface area contributed by atoms with Crippen LogP contribution in [0.3, 0.4) is 0 Å². The van der Waals surface area contributed by atoms with Crippen molar-refractivity contribution in [1.29, 1.82) is 0 Å². The molecule has 0 unspecified atom stereocenters. The first-order valence-electron chi connectivity index (χ1n) is 16.1. The summed E-state index contributed by atoms with van der Waals surface area (Å²) in [6, 6.07) is 26.9. The summed E-state index contributed by atoms with van der Waals surface area (Å²) in [6.45, 7) is 10.0. The maximum absolute atomic E-state index is 14.4. The van der Waals surface area contributed by atoms with Crippen molar-refractivity contribution < 1.29 is 14.3 Å². The van der Waals surface area contributed by atoms with Crippen LogP contribution >= 0.6 is 11.3 Å². The number of aryl methyl sites for hydroxylation is 1. The highest BCUT2D eigenvalue weighted by molar-refractivity contribution is 7.07. The Labute approximate surface area is 284 Å². The third kappa shape index (κ3) is 6.25. The van der Waals surface area contributed by atoms with Gasteiger partial charge in [-0.25, -0.2) is 9.79 Å². The van der Waals surface area contributed by atoms with Crippen molar-refractivity contribution in [3.8, 4) is 11.4 Å². The van der Waals surface area contributed by atoms with E-state index < -0.39 is 12.0 Å². The van der Waals surface area contributed by atoms with Crippen LogP contribution in [0.4, 0.5) is 5.69 Å². The predicted molar refractivity (Wildman–Crippen MR) is 193 cm³/mol. The van der Waals surface area contributed by atoms with Crippen LogP contribution < -0.4 is 24.5 Å². The third-order valence-electron chi connectivity index (χ3n) is 8.32. The highest BCUT2D eigenvalue weighted by Gasteiger charge is 2.35. The second-order valence-electron chi connectivity index (χ2n) is 12.2. The summed E-state index contributed by atoms with van der Waals surface area (Å²) >= 11 is 1.32. The molecule has 5 aromatic rings. The fraction of sp³-hybridized carbons (Fsp3) is 0.256. The molecule has 0 radical (unpaired) electrons. The summed E-state index contributed by atoms with van der Waals surface area (Å²) in [6.07, 6.45) is 1.94. The monoisotopic (exact) mass is 660 g/mol. The minimum Gasteiger partial charge on any atom is -0.491 e. The number of aromatic nitrogens is 2. The Morgan fingerprint density at radius 2 is 1.69 bits per heavy atom. The maximum Gasteiger partial charge on any atom is 0.338 e. The topological polar surface area (TPSA) is 78.1 Å². The van der Waals surface area contributed by atoms with Gasteiger partial charge in [-0.2, -0.15) is 0 Å². The molecule has 3 heterocycles. The number of esters is 1. The summed E-state index contributed by atoms with van der Waals surface area (Å²) in [4.78, 5) is 35.8. The van der Waals surface area contributed by atoms with Crippen LogP contribution in [-0.2, 0) is 9.53 Å². The Hall–Kier alpha value is -5.15. The maximum atomic E-state index is 14.4. The van der Waals surface area contributed by atoms with E-state index in [4.69, 9.17) is 14.5 Å². The minimum absolute atomic E-state index is 0.00700. The zero-order chi connectivity index (χ0) is 34.1. The first-order valence-corrected chi connectivity index (χ1v) is 16.9. The Morgan fingerprint density at radius 1 is 1.00 bits per heavy atom. The standard InChI is InChI=1S/C39H40N4O4S/c1-8-46-38(45)34-35(27-12-10-9-11-13-27)40-39-43(36(34)28-14-20-32(21-15-28)47-24(2)3)37(44)33(48-39)23-29-22-25(4)42(26(29)5)31-18-16-30(17-19-31)41(6)7/h9-24,36H,8H2,1-7H3/b33-23-/t36-/m0/s1. The summed E-state index contributed by atoms with van der Waals surface area (Å²) in [5.74, 6) is 0.198. The Kier molecular flexibility index (Phi) is 9.24. The summed E-state index contributed by atoms with van der Waals surface area (Å²) in [5.41, 5.74) is 7.30. The molecule has 3 aromatic carbocycles. The molecule has 48 heavy (non-hydrogen) atoms. The predicted octanol–water partition coefficient (Wildman–Crippen LogP) is 6.20. The molecule has 0 aliphatic carbocycles. The van der Waals surface area contributed by atoms with Crippen LogP contribution in [-0.4, -0.2) is 41.9 Å². The van der Waals surface area contributed by atoms with Crippen molar-refractivity contribution in [1.82, 2.24) is 9.13 Å².